The van der Waals surface area contributed by atoms with Crippen LogP contribution in [0.4, 0.5) is 0 Å². The van der Waals surface area contributed by atoms with Crippen molar-refractivity contribution in [2.75, 3.05) is 13.2 Å². The van der Waals surface area contributed by atoms with Gasteiger partial charge in [0.25, 0.3) is 5.91 Å². The molecule has 0 aromatic heterocycles. The minimum atomic E-state index is -0.754. The fraction of sp³-hybridized carbons (Fsp3) is 0.550. The Morgan fingerprint density at radius 2 is 1.77 bits per heavy atom. The van der Waals surface area contributed by atoms with E-state index in [9.17, 15) is 14.4 Å². The Balaban J connectivity index is 2.47. The number of amides is 2. The third-order valence-corrected chi connectivity index (χ3v) is 3.91. The second kappa shape index (κ2) is 12.9. The molecule has 2 amide bonds. The number of esters is 1. The van der Waals surface area contributed by atoms with Crippen molar-refractivity contribution in [3.05, 3.63) is 35.9 Å². The summed E-state index contributed by atoms with van der Waals surface area (Å²) in [6.45, 7) is 4.76. The van der Waals surface area contributed by atoms with E-state index in [2.05, 4.69) is 17.6 Å². The molecule has 2 N–H and O–H groups in total. The number of ether oxygens (including phenoxy) is 1. The van der Waals surface area contributed by atoms with Crippen LogP contribution in [0, 0.1) is 0 Å². The van der Waals surface area contributed by atoms with Gasteiger partial charge in [0, 0.05) is 18.5 Å². The number of nitrogens with one attached hydrogen (secondary N) is 2. The monoisotopic (exact) mass is 362 g/mol. The van der Waals surface area contributed by atoms with Gasteiger partial charge < -0.3 is 15.4 Å². The third-order valence-electron chi connectivity index (χ3n) is 3.91. The molecule has 6 heteroatoms. The van der Waals surface area contributed by atoms with Crippen LogP contribution in [-0.4, -0.2) is 37.0 Å². The maximum atomic E-state index is 12.3. The van der Waals surface area contributed by atoms with Crippen molar-refractivity contribution in [1.82, 2.24) is 10.6 Å². The molecule has 0 aliphatic rings. The first-order valence-electron chi connectivity index (χ1n) is 9.37. The van der Waals surface area contributed by atoms with Crippen LogP contribution in [0.1, 0.15) is 62.7 Å². The number of benzene rings is 1. The van der Waals surface area contributed by atoms with E-state index in [1.807, 2.05) is 6.07 Å². The zero-order valence-corrected chi connectivity index (χ0v) is 15.8. The molecule has 0 aliphatic carbocycles. The lowest BCUT2D eigenvalue weighted by molar-refractivity contribution is -0.145. The summed E-state index contributed by atoms with van der Waals surface area (Å²) in [6, 6.07) is 7.95. The molecule has 0 aliphatic heterocycles. The molecule has 1 aromatic rings. The van der Waals surface area contributed by atoms with Crippen molar-refractivity contribution in [3.63, 3.8) is 0 Å². The largest absolute Gasteiger partial charge is 0.464 e. The summed E-state index contributed by atoms with van der Waals surface area (Å²) < 4.78 is 5.04. The standard InChI is InChI=1S/C20H30N2O4/c1-3-5-9-15-21-18(23)14-10-13-17(20(25)26-4-2)22-19(24)16-11-7-6-8-12-16/h6-8,11-12,17H,3-5,9-10,13-15H2,1-2H3,(H,21,23)(H,22,24). The molecule has 1 aromatic carbocycles. The number of hydrogen-bond acceptors (Lipinski definition) is 4. The first kappa shape index (κ1) is 21.7. The lowest BCUT2D eigenvalue weighted by atomic mass is 10.1. The van der Waals surface area contributed by atoms with E-state index in [0.29, 0.717) is 31.4 Å². The molecular formula is C20H30N2O4. The Hall–Kier alpha value is -2.37. The van der Waals surface area contributed by atoms with Gasteiger partial charge in [0.2, 0.25) is 5.91 Å². The summed E-state index contributed by atoms with van der Waals surface area (Å²) in [7, 11) is 0. The Morgan fingerprint density at radius 3 is 2.42 bits per heavy atom. The minimum Gasteiger partial charge on any atom is -0.464 e. The Bertz CT molecular complexity index is 560. The van der Waals surface area contributed by atoms with E-state index in [4.69, 9.17) is 4.74 Å². The predicted octanol–water partition coefficient (Wildman–Crippen LogP) is 2.82. The van der Waals surface area contributed by atoms with Crippen LogP contribution in [0.3, 0.4) is 0 Å². The van der Waals surface area contributed by atoms with Crippen LogP contribution >= 0.6 is 0 Å². The van der Waals surface area contributed by atoms with Crippen molar-refractivity contribution < 1.29 is 19.1 Å². The molecule has 0 saturated heterocycles. The lowest BCUT2D eigenvalue weighted by Gasteiger charge is -2.17. The van der Waals surface area contributed by atoms with Crippen LogP contribution in [0.25, 0.3) is 0 Å². The average molecular weight is 362 g/mol. The first-order valence-corrected chi connectivity index (χ1v) is 9.37. The van der Waals surface area contributed by atoms with E-state index < -0.39 is 12.0 Å². The molecule has 1 atom stereocenters. The van der Waals surface area contributed by atoms with Crippen molar-refractivity contribution in [3.8, 4) is 0 Å². The van der Waals surface area contributed by atoms with Crippen LogP contribution in [0.5, 0.6) is 0 Å². The highest BCUT2D eigenvalue weighted by Crippen LogP contribution is 2.06. The van der Waals surface area contributed by atoms with Gasteiger partial charge in [-0.25, -0.2) is 4.79 Å². The molecule has 0 bridgehead atoms. The number of rotatable bonds is 12. The number of carbonyl (C=O) groups excluding carboxylic acids is 3. The quantitative estimate of drug-likeness (QED) is 0.442. The van der Waals surface area contributed by atoms with Crippen LogP contribution < -0.4 is 10.6 Å². The molecule has 1 unspecified atom stereocenters. The highest BCUT2D eigenvalue weighted by molar-refractivity contribution is 5.96. The highest BCUT2D eigenvalue weighted by Gasteiger charge is 2.22. The van der Waals surface area contributed by atoms with Gasteiger partial charge in [-0.05, 0) is 38.3 Å². The minimum absolute atomic E-state index is 0.0295. The fourth-order valence-corrected chi connectivity index (χ4v) is 2.48. The molecule has 0 saturated carbocycles. The normalized spacial score (nSPS) is 11.5. The van der Waals surface area contributed by atoms with E-state index in [1.54, 1.807) is 31.2 Å². The topological polar surface area (TPSA) is 84.5 Å². The van der Waals surface area contributed by atoms with Crippen molar-refractivity contribution in [2.45, 2.75) is 58.4 Å². The van der Waals surface area contributed by atoms with Gasteiger partial charge in [0.05, 0.1) is 6.61 Å². The summed E-state index contributed by atoms with van der Waals surface area (Å²) >= 11 is 0. The maximum absolute atomic E-state index is 12.3. The summed E-state index contributed by atoms with van der Waals surface area (Å²) in [5, 5.41) is 5.58. The summed E-state index contributed by atoms with van der Waals surface area (Å²) in [6.07, 6.45) is 4.36. The van der Waals surface area contributed by atoms with Crippen LogP contribution in [0.15, 0.2) is 30.3 Å². The molecule has 0 fully saturated rings. The molecule has 0 spiro atoms. The Kier molecular flexibility index (Phi) is 10.8. The van der Waals surface area contributed by atoms with Gasteiger partial charge in [0.15, 0.2) is 0 Å². The molecule has 1 rings (SSSR count). The summed E-state index contributed by atoms with van der Waals surface area (Å²) in [5.74, 6) is -0.828. The Morgan fingerprint density at radius 1 is 1.04 bits per heavy atom. The van der Waals surface area contributed by atoms with E-state index in [-0.39, 0.29) is 18.4 Å². The third kappa shape index (κ3) is 8.65. The van der Waals surface area contributed by atoms with Gasteiger partial charge in [-0.1, -0.05) is 38.0 Å². The zero-order valence-electron chi connectivity index (χ0n) is 15.8. The number of hydrogen-bond donors (Lipinski definition) is 2. The van der Waals surface area contributed by atoms with Gasteiger partial charge in [-0.15, -0.1) is 0 Å². The SMILES string of the molecule is CCCCCNC(=O)CCCC(NC(=O)c1ccccc1)C(=O)OCC. The van der Waals surface area contributed by atoms with Gasteiger partial charge in [-0.2, -0.15) is 0 Å². The highest BCUT2D eigenvalue weighted by atomic mass is 16.5. The van der Waals surface area contributed by atoms with Gasteiger partial charge >= 0.3 is 5.97 Å². The lowest BCUT2D eigenvalue weighted by Crippen LogP contribution is -2.42. The number of unbranched alkanes of at least 4 members (excludes halogenated alkanes) is 2. The average Bonchev–Trinajstić information content (AvgIpc) is 2.65. The maximum Gasteiger partial charge on any atom is 0.328 e. The second-order valence-corrected chi connectivity index (χ2v) is 6.09. The molecule has 0 heterocycles. The van der Waals surface area contributed by atoms with Gasteiger partial charge in [-0.3, -0.25) is 9.59 Å². The summed E-state index contributed by atoms with van der Waals surface area (Å²) in [5.41, 5.74) is 0.482. The Labute approximate surface area is 155 Å². The fourth-order valence-electron chi connectivity index (χ4n) is 2.48. The molecule has 0 radical (unpaired) electrons. The van der Waals surface area contributed by atoms with Crippen molar-refractivity contribution >= 4 is 17.8 Å². The van der Waals surface area contributed by atoms with Crippen molar-refractivity contribution in [2.24, 2.45) is 0 Å². The summed E-state index contributed by atoms with van der Waals surface area (Å²) in [4.78, 5) is 36.2. The van der Waals surface area contributed by atoms with Crippen LogP contribution in [-0.2, 0) is 14.3 Å². The molecule has 6 nitrogen and oxygen atoms in total. The number of carbonyl (C=O) groups is 3. The second-order valence-electron chi connectivity index (χ2n) is 6.09. The van der Waals surface area contributed by atoms with E-state index in [1.165, 1.54) is 0 Å². The van der Waals surface area contributed by atoms with Gasteiger partial charge in [0.1, 0.15) is 6.04 Å². The van der Waals surface area contributed by atoms with E-state index >= 15 is 0 Å². The van der Waals surface area contributed by atoms with Crippen molar-refractivity contribution in [1.29, 1.82) is 0 Å². The predicted molar refractivity (Wildman–Crippen MR) is 101 cm³/mol. The smallest absolute Gasteiger partial charge is 0.328 e. The van der Waals surface area contributed by atoms with E-state index in [0.717, 1.165) is 19.3 Å². The molecular weight excluding hydrogens is 332 g/mol. The van der Waals surface area contributed by atoms with Crippen LogP contribution in [0.2, 0.25) is 0 Å². The first-order chi connectivity index (χ1) is 12.6. The zero-order chi connectivity index (χ0) is 19.2. The molecule has 26 heavy (non-hydrogen) atoms. The molecule has 144 valence electrons.